The van der Waals surface area contributed by atoms with E-state index >= 15 is 0 Å². The second kappa shape index (κ2) is 5.98. The summed E-state index contributed by atoms with van der Waals surface area (Å²) in [6.45, 7) is 0. The van der Waals surface area contributed by atoms with Gasteiger partial charge in [-0.2, -0.15) is 0 Å². The van der Waals surface area contributed by atoms with Crippen LogP contribution in [0.25, 0.3) is 0 Å². The Balaban J connectivity index is 1.80. The van der Waals surface area contributed by atoms with Crippen molar-refractivity contribution >= 4 is 23.0 Å². The van der Waals surface area contributed by atoms with Gasteiger partial charge in [-0.1, -0.05) is 6.07 Å². The Bertz CT molecular complexity index is 833. The molecule has 0 radical (unpaired) electrons. The van der Waals surface area contributed by atoms with Crippen LogP contribution in [0.5, 0.6) is 5.75 Å². The molecule has 0 aliphatic carbocycles. The van der Waals surface area contributed by atoms with Gasteiger partial charge in [0.15, 0.2) is 5.11 Å². The summed E-state index contributed by atoms with van der Waals surface area (Å²) in [6, 6.07) is 16.8. The number of pyridine rings is 1. The van der Waals surface area contributed by atoms with Crippen LogP contribution in [0.1, 0.15) is 23.5 Å². The Hall–Kier alpha value is -2.86. The first-order valence-corrected chi connectivity index (χ1v) is 8.08. The number of anilines is 1. The Kier molecular flexibility index (Phi) is 3.66. The maximum absolute atomic E-state index is 9.56. The number of phenols is 1. The molecule has 2 aromatic heterocycles. The molecule has 1 aliphatic rings. The molecule has 0 bridgehead atoms. The fraction of sp³-hybridized carbons (Fsp3) is 0.111. The SMILES string of the molecule is Oc1ccc(N2C(=S)NC(c3ccccn3)C2c2ccc[nH]2)cc1. The van der Waals surface area contributed by atoms with E-state index in [4.69, 9.17) is 12.2 Å². The highest BCUT2D eigenvalue weighted by molar-refractivity contribution is 7.80. The van der Waals surface area contributed by atoms with Gasteiger partial charge in [0.1, 0.15) is 11.8 Å². The molecule has 0 saturated carbocycles. The second-order valence-electron chi connectivity index (χ2n) is 5.64. The van der Waals surface area contributed by atoms with Gasteiger partial charge in [-0.3, -0.25) is 4.98 Å². The van der Waals surface area contributed by atoms with Gasteiger partial charge in [0.2, 0.25) is 0 Å². The maximum Gasteiger partial charge on any atom is 0.174 e. The molecule has 120 valence electrons. The molecule has 2 unspecified atom stereocenters. The fourth-order valence-electron chi connectivity index (χ4n) is 3.09. The summed E-state index contributed by atoms with van der Waals surface area (Å²) >= 11 is 5.59. The minimum absolute atomic E-state index is 0.0491. The van der Waals surface area contributed by atoms with Gasteiger partial charge < -0.3 is 20.3 Å². The monoisotopic (exact) mass is 336 g/mol. The average molecular weight is 336 g/mol. The number of H-pyrrole nitrogens is 1. The molecule has 5 nitrogen and oxygen atoms in total. The van der Waals surface area contributed by atoms with E-state index < -0.39 is 0 Å². The fourth-order valence-corrected chi connectivity index (χ4v) is 3.44. The van der Waals surface area contributed by atoms with Crippen LogP contribution < -0.4 is 10.2 Å². The zero-order valence-electron chi connectivity index (χ0n) is 12.8. The van der Waals surface area contributed by atoms with Gasteiger partial charge in [0.05, 0.1) is 11.7 Å². The predicted molar refractivity (Wildman–Crippen MR) is 96.8 cm³/mol. The van der Waals surface area contributed by atoms with Crippen LogP contribution in [0, 0.1) is 0 Å². The molecule has 1 fully saturated rings. The van der Waals surface area contributed by atoms with E-state index in [1.165, 1.54) is 0 Å². The summed E-state index contributed by atoms with van der Waals surface area (Å²) in [7, 11) is 0. The zero-order chi connectivity index (χ0) is 16.5. The van der Waals surface area contributed by atoms with Gasteiger partial charge in [-0.15, -0.1) is 0 Å². The molecule has 1 saturated heterocycles. The van der Waals surface area contributed by atoms with Crippen molar-refractivity contribution in [3.8, 4) is 5.75 Å². The van der Waals surface area contributed by atoms with Gasteiger partial charge >= 0.3 is 0 Å². The van der Waals surface area contributed by atoms with Crippen LogP contribution in [0.4, 0.5) is 5.69 Å². The van der Waals surface area contributed by atoms with Crippen LogP contribution in [0.2, 0.25) is 0 Å². The molecule has 3 N–H and O–H groups in total. The van der Waals surface area contributed by atoms with E-state index in [1.54, 1.807) is 18.3 Å². The first-order chi connectivity index (χ1) is 11.7. The largest absolute Gasteiger partial charge is 0.508 e. The van der Waals surface area contributed by atoms with E-state index in [9.17, 15) is 5.11 Å². The number of benzene rings is 1. The quantitative estimate of drug-likeness (QED) is 0.641. The second-order valence-corrected chi connectivity index (χ2v) is 6.03. The third-order valence-corrected chi connectivity index (χ3v) is 4.48. The molecule has 1 aliphatic heterocycles. The maximum atomic E-state index is 9.56. The highest BCUT2D eigenvalue weighted by Gasteiger charge is 2.41. The number of nitrogens with zero attached hydrogens (tertiary/aromatic N) is 2. The first-order valence-electron chi connectivity index (χ1n) is 7.67. The first kappa shape index (κ1) is 14.7. The van der Waals surface area contributed by atoms with Crippen molar-refractivity contribution in [2.24, 2.45) is 0 Å². The number of hydrogen-bond acceptors (Lipinski definition) is 3. The van der Waals surface area contributed by atoms with Crippen LogP contribution in [0.15, 0.2) is 67.0 Å². The molecule has 1 aromatic carbocycles. The lowest BCUT2D eigenvalue weighted by Crippen LogP contribution is -2.29. The summed E-state index contributed by atoms with van der Waals surface area (Å²) in [5, 5.41) is 13.6. The zero-order valence-corrected chi connectivity index (χ0v) is 13.6. The third-order valence-electron chi connectivity index (χ3n) is 4.17. The standard InChI is InChI=1S/C18H16N4OS/c23-13-8-6-12(7-9-13)22-17(15-5-3-11-20-15)16(21-18(22)24)14-4-1-2-10-19-14/h1-11,16-17,20,23H,(H,21,24). The van der Waals surface area contributed by atoms with Crippen molar-refractivity contribution in [3.63, 3.8) is 0 Å². The molecule has 6 heteroatoms. The number of aromatic nitrogens is 2. The van der Waals surface area contributed by atoms with Crippen LogP contribution in [-0.4, -0.2) is 20.2 Å². The van der Waals surface area contributed by atoms with Gasteiger partial charge in [-0.25, -0.2) is 0 Å². The normalized spacial score (nSPS) is 20.2. The van der Waals surface area contributed by atoms with E-state index in [0.717, 1.165) is 17.1 Å². The molecule has 0 spiro atoms. The average Bonchev–Trinajstić information content (AvgIpc) is 3.24. The van der Waals surface area contributed by atoms with Crippen LogP contribution in [0.3, 0.4) is 0 Å². The van der Waals surface area contributed by atoms with E-state index in [2.05, 4.69) is 20.2 Å². The van der Waals surface area contributed by atoms with Crippen molar-refractivity contribution in [2.45, 2.75) is 12.1 Å². The van der Waals surface area contributed by atoms with Gasteiger partial charge in [-0.05, 0) is 60.7 Å². The Morgan fingerprint density at radius 3 is 2.54 bits per heavy atom. The lowest BCUT2D eigenvalue weighted by atomic mass is 10.0. The number of phenolic OH excluding ortho intramolecular Hbond substituents is 1. The van der Waals surface area contributed by atoms with Crippen molar-refractivity contribution < 1.29 is 5.11 Å². The highest BCUT2D eigenvalue weighted by Crippen LogP contribution is 2.40. The summed E-state index contributed by atoms with van der Waals surface area (Å²) in [4.78, 5) is 9.84. The molecule has 3 aromatic rings. The topological polar surface area (TPSA) is 64.2 Å². The van der Waals surface area contributed by atoms with Gasteiger partial charge in [0, 0.05) is 23.8 Å². The highest BCUT2D eigenvalue weighted by atomic mass is 32.1. The molecule has 3 heterocycles. The summed E-state index contributed by atoms with van der Waals surface area (Å²) in [5.74, 6) is 0.231. The Morgan fingerprint density at radius 1 is 1.04 bits per heavy atom. The minimum atomic E-state index is -0.0637. The number of hydrogen-bond donors (Lipinski definition) is 3. The van der Waals surface area contributed by atoms with E-state index in [-0.39, 0.29) is 17.8 Å². The number of aromatic hydroxyl groups is 1. The third kappa shape index (κ3) is 2.51. The number of rotatable bonds is 3. The molecular weight excluding hydrogens is 320 g/mol. The van der Waals surface area contributed by atoms with Crippen molar-refractivity contribution in [3.05, 3.63) is 78.4 Å². The van der Waals surface area contributed by atoms with Gasteiger partial charge in [0.25, 0.3) is 0 Å². The smallest absolute Gasteiger partial charge is 0.174 e. The summed E-state index contributed by atoms with van der Waals surface area (Å²) in [5.41, 5.74) is 2.90. The molecule has 0 amide bonds. The van der Waals surface area contributed by atoms with Crippen molar-refractivity contribution in [1.29, 1.82) is 0 Å². The minimum Gasteiger partial charge on any atom is -0.508 e. The summed E-state index contributed by atoms with van der Waals surface area (Å²) < 4.78 is 0. The lowest BCUT2D eigenvalue weighted by molar-refractivity contribution is 0.475. The van der Waals surface area contributed by atoms with Crippen LogP contribution >= 0.6 is 12.2 Å². The van der Waals surface area contributed by atoms with Crippen LogP contribution in [-0.2, 0) is 0 Å². The summed E-state index contributed by atoms with van der Waals surface area (Å²) in [6.07, 6.45) is 3.69. The Morgan fingerprint density at radius 2 is 1.88 bits per heavy atom. The Labute approximate surface area is 145 Å². The number of aromatic amines is 1. The molecule has 24 heavy (non-hydrogen) atoms. The molecule has 2 atom stereocenters. The number of nitrogens with one attached hydrogen (secondary N) is 2. The lowest BCUT2D eigenvalue weighted by Gasteiger charge is -2.27. The molecule has 4 rings (SSSR count). The van der Waals surface area contributed by atoms with Crippen molar-refractivity contribution in [2.75, 3.05) is 4.90 Å². The van der Waals surface area contributed by atoms with E-state index in [0.29, 0.717) is 5.11 Å². The number of thiocarbonyl (C=S) groups is 1. The molecular formula is C18H16N4OS. The predicted octanol–water partition coefficient (Wildman–Crippen LogP) is 3.29. The van der Waals surface area contributed by atoms with E-state index in [1.807, 2.05) is 48.7 Å². The van der Waals surface area contributed by atoms with Crippen molar-refractivity contribution in [1.82, 2.24) is 15.3 Å².